The minimum absolute atomic E-state index is 0. The van der Waals surface area contributed by atoms with Gasteiger partial charge in [0, 0.05) is 13.1 Å². The molecule has 1 saturated heterocycles. The van der Waals surface area contributed by atoms with Crippen molar-refractivity contribution in [3.8, 4) is 0 Å². The fourth-order valence-corrected chi connectivity index (χ4v) is 3.00. The van der Waals surface area contributed by atoms with Crippen LogP contribution in [-0.2, 0) is 4.74 Å². The Hall–Kier alpha value is -0.335. The third kappa shape index (κ3) is 25.9. The van der Waals surface area contributed by atoms with Crippen molar-refractivity contribution in [1.29, 1.82) is 0 Å². The van der Waals surface area contributed by atoms with Crippen molar-refractivity contribution in [3.63, 3.8) is 0 Å². The number of rotatable bonds is 13. The molecule has 0 aliphatic carbocycles. The molecule has 1 fully saturated rings. The molecule has 1 aliphatic heterocycles. The summed E-state index contributed by atoms with van der Waals surface area (Å²) in [5, 5.41) is 0. The zero-order chi connectivity index (χ0) is 18.8. The summed E-state index contributed by atoms with van der Waals surface area (Å²) in [6.45, 7) is 7.77. The van der Waals surface area contributed by atoms with Crippen LogP contribution in [-0.4, -0.2) is 45.0 Å². The summed E-state index contributed by atoms with van der Waals surface area (Å²) in [4.78, 5) is 2.56. The van der Waals surface area contributed by atoms with E-state index in [1.54, 1.807) is 0 Å². The summed E-state index contributed by atoms with van der Waals surface area (Å²) < 4.78 is 44.4. The highest BCUT2D eigenvalue weighted by atomic mass is 19.5. The predicted molar refractivity (Wildman–Crippen MR) is 105 cm³/mol. The Morgan fingerprint density at radius 1 is 0.692 bits per heavy atom. The lowest BCUT2D eigenvalue weighted by molar-refractivity contribution is 0.0371. The average molecular weight is 388 g/mol. The highest BCUT2D eigenvalue weighted by molar-refractivity contribution is 6.50. The standard InChI is InChI=1S/C18H37NO.BF4.H3N/c1-2-3-4-5-6-7-8-9-10-11-12-13-14-19-15-17-20-18-16-19;2-1(3,4)5;/h2-18H2,1H3;;1H3/q;-1;/p+1. The number of morpholine rings is 1. The Labute approximate surface area is 157 Å². The van der Waals surface area contributed by atoms with Crippen LogP contribution < -0.4 is 6.15 Å². The molecule has 0 bridgehead atoms. The normalized spacial score (nSPS) is 15.1. The zero-order valence-corrected chi connectivity index (χ0v) is 17.0. The van der Waals surface area contributed by atoms with Crippen LogP contribution in [0.2, 0.25) is 0 Å². The van der Waals surface area contributed by atoms with Crippen molar-refractivity contribution >= 4 is 7.25 Å². The minimum Gasteiger partial charge on any atom is -0.418 e. The first kappa shape index (κ1) is 27.9. The molecule has 160 valence electrons. The summed E-state index contributed by atoms with van der Waals surface area (Å²) in [7, 11) is -6.00. The van der Waals surface area contributed by atoms with E-state index in [2.05, 4.69) is 11.8 Å². The Balaban J connectivity index is 0. The Bertz CT molecular complexity index is 272. The van der Waals surface area contributed by atoms with E-state index in [1.165, 1.54) is 83.6 Å². The molecule has 0 spiro atoms. The van der Waals surface area contributed by atoms with Gasteiger partial charge in [0.25, 0.3) is 0 Å². The molecule has 3 nitrogen and oxygen atoms in total. The van der Waals surface area contributed by atoms with E-state index in [0.29, 0.717) is 0 Å². The molecule has 4 N–H and O–H groups in total. The minimum atomic E-state index is -6.00. The van der Waals surface area contributed by atoms with Crippen molar-refractivity contribution in [2.24, 2.45) is 0 Å². The smallest absolute Gasteiger partial charge is 0.418 e. The van der Waals surface area contributed by atoms with Crippen LogP contribution in [0.4, 0.5) is 17.3 Å². The van der Waals surface area contributed by atoms with Crippen molar-refractivity contribution in [2.75, 3.05) is 32.8 Å². The second kappa shape index (κ2) is 19.4. The van der Waals surface area contributed by atoms with Gasteiger partial charge in [-0.05, 0) is 13.0 Å². The van der Waals surface area contributed by atoms with Crippen molar-refractivity contribution in [3.05, 3.63) is 0 Å². The summed E-state index contributed by atoms with van der Waals surface area (Å²) in [6, 6.07) is 0. The highest BCUT2D eigenvalue weighted by Gasteiger charge is 2.20. The molecular weight excluding hydrogens is 347 g/mol. The lowest BCUT2D eigenvalue weighted by Gasteiger charge is -2.26. The van der Waals surface area contributed by atoms with Gasteiger partial charge in [0.1, 0.15) is 0 Å². The highest BCUT2D eigenvalue weighted by Crippen LogP contribution is 2.12. The third-order valence-corrected chi connectivity index (χ3v) is 4.43. The Kier molecular flexibility index (Phi) is 20.8. The van der Waals surface area contributed by atoms with Gasteiger partial charge in [0.2, 0.25) is 0 Å². The van der Waals surface area contributed by atoms with E-state index < -0.39 is 7.25 Å². The van der Waals surface area contributed by atoms with Crippen LogP contribution in [0.25, 0.3) is 0 Å². The van der Waals surface area contributed by atoms with E-state index in [1.807, 2.05) is 0 Å². The second-order valence-electron chi connectivity index (χ2n) is 6.84. The SMILES string of the molecule is CCCCCCCCCCCCCCN1CCOCC1.F[B-](F)(F)F.[NH4+]. The molecule has 0 aromatic carbocycles. The van der Waals surface area contributed by atoms with Gasteiger partial charge >= 0.3 is 7.25 Å². The van der Waals surface area contributed by atoms with Gasteiger partial charge < -0.3 is 28.2 Å². The quantitative estimate of drug-likeness (QED) is 0.217. The van der Waals surface area contributed by atoms with Crippen molar-refractivity contribution in [2.45, 2.75) is 84.0 Å². The summed E-state index contributed by atoms with van der Waals surface area (Å²) >= 11 is 0. The van der Waals surface area contributed by atoms with Gasteiger partial charge in [-0.2, -0.15) is 0 Å². The summed E-state index contributed by atoms with van der Waals surface area (Å²) in [5.41, 5.74) is 0. The van der Waals surface area contributed by atoms with E-state index in [-0.39, 0.29) is 6.15 Å². The number of hydrogen-bond acceptors (Lipinski definition) is 2. The first-order valence-electron chi connectivity index (χ1n) is 10.1. The topological polar surface area (TPSA) is 49.0 Å². The van der Waals surface area contributed by atoms with E-state index in [4.69, 9.17) is 4.74 Å². The molecule has 0 atom stereocenters. The van der Waals surface area contributed by atoms with Crippen LogP contribution in [0.5, 0.6) is 0 Å². The van der Waals surface area contributed by atoms with Gasteiger partial charge in [0.15, 0.2) is 0 Å². The molecule has 0 unspecified atom stereocenters. The maximum absolute atomic E-state index is 9.75. The van der Waals surface area contributed by atoms with Crippen molar-refractivity contribution < 1.29 is 22.0 Å². The lowest BCUT2D eigenvalue weighted by atomic mass is 10.1. The number of nitrogens with zero attached hydrogens (tertiary/aromatic N) is 1. The maximum Gasteiger partial charge on any atom is 0.673 e. The van der Waals surface area contributed by atoms with Crippen LogP contribution in [0, 0.1) is 0 Å². The van der Waals surface area contributed by atoms with Crippen LogP contribution in [0.1, 0.15) is 84.0 Å². The van der Waals surface area contributed by atoms with Crippen LogP contribution in [0.15, 0.2) is 0 Å². The van der Waals surface area contributed by atoms with E-state index in [0.717, 1.165) is 26.3 Å². The number of halogens is 4. The Morgan fingerprint density at radius 3 is 1.42 bits per heavy atom. The molecule has 0 saturated carbocycles. The molecule has 0 radical (unpaired) electrons. The van der Waals surface area contributed by atoms with Crippen LogP contribution in [0.3, 0.4) is 0 Å². The molecule has 26 heavy (non-hydrogen) atoms. The molecule has 1 rings (SSSR count). The number of quaternary nitrogens is 1. The number of ether oxygens (including phenoxy) is 1. The summed E-state index contributed by atoms with van der Waals surface area (Å²) in [6.07, 6.45) is 17.3. The van der Waals surface area contributed by atoms with Gasteiger partial charge in [-0.1, -0.05) is 77.6 Å². The van der Waals surface area contributed by atoms with Gasteiger partial charge in [-0.25, -0.2) is 0 Å². The summed E-state index contributed by atoms with van der Waals surface area (Å²) in [5.74, 6) is 0. The first-order valence-corrected chi connectivity index (χ1v) is 10.1. The molecule has 0 aromatic rings. The fourth-order valence-electron chi connectivity index (χ4n) is 3.00. The average Bonchev–Trinajstić information content (AvgIpc) is 2.55. The number of hydrogen-bond donors (Lipinski definition) is 1. The lowest BCUT2D eigenvalue weighted by Crippen LogP contribution is -2.36. The molecule has 8 heteroatoms. The van der Waals surface area contributed by atoms with Gasteiger partial charge in [-0.15, -0.1) is 0 Å². The fraction of sp³-hybridized carbons (Fsp3) is 1.00. The third-order valence-electron chi connectivity index (χ3n) is 4.43. The molecule has 0 amide bonds. The van der Waals surface area contributed by atoms with Crippen LogP contribution >= 0.6 is 0 Å². The van der Waals surface area contributed by atoms with Gasteiger partial charge in [0.05, 0.1) is 13.2 Å². The second-order valence-corrected chi connectivity index (χ2v) is 6.84. The molecule has 1 aliphatic rings. The molecule has 1 heterocycles. The largest absolute Gasteiger partial charge is 0.673 e. The van der Waals surface area contributed by atoms with Crippen molar-refractivity contribution in [1.82, 2.24) is 11.1 Å². The maximum atomic E-state index is 9.75. The van der Waals surface area contributed by atoms with Gasteiger partial charge in [-0.3, -0.25) is 4.90 Å². The Morgan fingerprint density at radius 2 is 1.04 bits per heavy atom. The van der Waals surface area contributed by atoms with E-state index in [9.17, 15) is 17.3 Å². The molecular formula is C18H41BF4N2O. The first-order chi connectivity index (χ1) is 11.9. The number of unbranched alkanes of at least 4 members (excludes halogenated alkanes) is 11. The monoisotopic (exact) mass is 388 g/mol. The molecule has 0 aromatic heterocycles. The zero-order valence-electron chi connectivity index (χ0n) is 17.0. The van der Waals surface area contributed by atoms with E-state index >= 15 is 0 Å². The predicted octanol–water partition coefficient (Wildman–Crippen LogP) is 6.70.